The number of anilines is 2. The first-order chi connectivity index (χ1) is 11.8. The molecule has 1 fully saturated rings. The number of carbonyl (C=O) groups is 2. The van der Waals surface area contributed by atoms with E-state index in [2.05, 4.69) is 4.90 Å². The van der Waals surface area contributed by atoms with Crippen LogP contribution in [0.15, 0.2) is 48.5 Å². The summed E-state index contributed by atoms with van der Waals surface area (Å²) in [4.78, 5) is 28.7. The highest BCUT2D eigenvalue weighted by molar-refractivity contribution is 6.34. The average Bonchev–Trinajstić information content (AvgIpc) is 2.81. The zero-order valence-corrected chi connectivity index (χ0v) is 13.6. The van der Waals surface area contributed by atoms with E-state index >= 15 is 0 Å². The second kappa shape index (κ2) is 6.11. The highest BCUT2D eigenvalue weighted by atomic mass is 16.2. The molecule has 4 rings (SSSR count). The molecule has 0 radical (unpaired) electrons. The van der Waals surface area contributed by atoms with Gasteiger partial charge in [-0.05, 0) is 49.2 Å². The van der Waals surface area contributed by atoms with Crippen molar-refractivity contribution in [1.29, 1.82) is 0 Å². The maximum atomic E-state index is 12.5. The van der Waals surface area contributed by atoms with Crippen LogP contribution in [-0.2, 0) is 0 Å². The van der Waals surface area contributed by atoms with Crippen LogP contribution in [0.3, 0.4) is 0 Å². The average molecular weight is 320 g/mol. The Morgan fingerprint density at radius 3 is 1.67 bits per heavy atom. The minimum Gasteiger partial charge on any atom is -0.372 e. The summed E-state index contributed by atoms with van der Waals surface area (Å²) in [6.45, 7) is 2.15. The number of fused-ring (bicyclic) bond motifs is 1. The van der Waals surface area contributed by atoms with E-state index in [0.29, 0.717) is 16.8 Å². The van der Waals surface area contributed by atoms with Crippen LogP contribution >= 0.6 is 0 Å². The third-order valence-corrected chi connectivity index (χ3v) is 4.87. The van der Waals surface area contributed by atoms with Gasteiger partial charge >= 0.3 is 0 Å². The van der Waals surface area contributed by atoms with Crippen LogP contribution in [0.2, 0.25) is 0 Å². The summed E-state index contributed by atoms with van der Waals surface area (Å²) in [6.07, 6.45) is 5.04. The fourth-order valence-corrected chi connectivity index (χ4v) is 3.57. The predicted molar refractivity (Wildman–Crippen MR) is 94.7 cm³/mol. The number of rotatable bonds is 2. The molecular formula is C20H20N2O2. The Balaban J connectivity index is 1.60. The molecule has 2 amide bonds. The number of benzene rings is 2. The van der Waals surface area contributed by atoms with E-state index in [1.807, 2.05) is 24.3 Å². The molecule has 2 aromatic rings. The molecule has 0 aliphatic carbocycles. The molecule has 2 aliphatic rings. The molecule has 0 spiro atoms. The standard InChI is InChI=1S/C20H20N2O2/c23-19-17-7-3-4-8-18(17)20(24)22(19)16-11-9-15(10-12-16)21-13-5-1-2-6-14-21/h3-4,7-12H,1-2,5-6,13-14H2. The van der Waals surface area contributed by atoms with E-state index in [1.165, 1.54) is 30.6 Å². The lowest BCUT2D eigenvalue weighted by Crippen LogP contribution is -2.29. The molecule has 0 N–H and O–H groups in total. The summed E-state index contributed by atoms with van der Waals surface area (Å²) < 4.78 is 0. The number of carbonyl (C=O) groups excluding carboxylic acids is 2. The van der Waals surface area contributed by atoms with Gasteiger partial charge in [-0.25, -0.2) is 4.90 Å². The van der Waals surface area contributed by atoms with Crippen molar-refractivity contribution >= 4 is 23.2 Å². The Morgan fingerprint density at radius 2 is 1.12 bits per heavy atom. The van der Waals surface area contributed by atoms with Gasteiger partial charge in [0.2, 0.25) is 0 Å². The molecule has 1 saturated heterocycles. The Kier molecular flexibility index (Phi) is 3.81. The van der Waals surface area contributed by atoms with Crippen LogP contribution in [0, 0.1) is 0 Å². The molecule has 2 aromatic carbocycles. The van der Waals surface area contributed by atoms with Gasteiger partial charge in [0.05, 0.1) is 16.8 Å². The van der Waals surface area contributed by atoms with Crippen LogP contribution in [0.4, 0.5) is 11.4 Å². The fraction of sp³-hybridized carbons (Fsp3) is 0.300. The molecule has 0 bridgehead atoms. The molecule has 0 atom stereocenters. The maximum Gasteiger partial charge on any atom is 0.266 e. The van der Waals surface area contributed by atoms with Gasteiger partial charge in [-0.1, -0.05) is 25.0 Å². The number of hydrogen-bond acceptors (Lipinski definition) is 3. The van der Waals surface area contributed by atoms with Crippen molar-refractivity contribution in [2.75, 3.05) is 22.9 Å². The number of hydrogen-bond donors (Lipinski definition) is 0. The molecular weight excluding hydrogens is 300 g/mol. The van der Waals surface area contributed by atoms with Gasteiger partial charge in [0.1, 0.15) is 0 Å². The van der Waals surface area contributed by atoms with Crippen LogP contribution in [0.25, 0.3) is 0 Å². The van der Waals surface area contributed by atoms with Crippen LogP contribution < -0.4 is 9.80 Å². The first kappa shape index (κ1) is 14.9. The topological polar surface area (TPSA) is 40.6 Å². The van der Waals surface area contributed by atoms with Gasteiger partial charge in [-0.15, -0.1) is 0 Å². The molecule has 0 aromatic heterocycles. The summed E-state index contributed by atoms with van der Waals surface area (Å²) in [6, 6.07) is 14.8. The van der Waals surface area contributed by atoms with E-state index in [0.717, 1.165) is 18.8 Å². The van der Waals surface area contributed by atoms with Gasteiger partial charge in [-0.2, -0.15) is 0 Å². The lowest BCUT2D eigenvalue weighted by atomic mass is 10.1. The molecule has 2 aliphatic heterocycles. The second-order valence-corrected chi connectivity index (χ2v) is 6.41. The van der Waals surface area contributed by atoms with Crippen molar-refractivity contribution in [3.8, 4) is 0 Å². The number of amides is 2. The van der Waals surface area contributed by atoms with Crippen molar-refractivity contribution in [3.63, 3.8) is 0 Å². The van der Waals surface area contributed by atoms with Crippen LogP contribution in [0.5, 0.6) is 0 Å². The summed E-state index contributed by atoms with van der Waals surface area (Å²) in [5.74, 6) is -0.476. The molecule has 2 heterocycles. The van der Waals surface area contributed by atoms with Gasteiger partial charge in [-0.3, -0.25) is 9.59 Å². The van der Waals surface area contributed by atoms with Crippen molar-refractivity contribution in [2.24, 2.45) is 0 Å². The van der Waals surface area contributed by atoms with Crippen molar-refractivity contribution in [2.45, 2.75) is 25.7 Å². The Labute approximate surface area is 141 Å². The highest BCUT2D eigenvalue weighted by Crippen LogP contribution is 2.30. The van der Waals surface area contributed by atoms with Crippen molar-refractivity contribution < 1.29 is 9.59 Å². The van der Waals surface area contributed by atoms with E-state index in [9.17, 15) is 9.59 Å². The molecule has 0 saturated carbocycles. The lowest BCUT2D eigenvalue weighted by Gasteiger charge is -2.23. The Hall–Kier alpha value is -2.62. The minimum atomic E-state index is -0.238. The van der Waals surface area contributed by atoms with Crippen LogP contribution in [-0.4, -0.2) is 24.9 Å². The SMILES string of the molecule is O=C1c2ccccc2C(=O)N1c1ccc(N2CCCCCC2)cc1. The van der Waals surface area contributed by atoms with Gasteiger partial charge < -0.3 is 4.90 Å². The Bertz CT molecular complexity index is 739. The molecule has 24 heavy (non-hydrogen) atoms. The molecule has 4 heteroatoms. The summed E-state index contributed by atoms with van der Waals surface area (Å²) in [5.41, 5.74) is 2.77. The van der Waals surface area contributed by atoms with Gasteiger partial charge in [0.15, 0.2) is 0 Å². The predicted octanol–water partition coefficient (Wildman–Crippen LogP) is 3.87. The second-order valence-electron chi connectivity index (χ2n) is 6.41. The van der Waals surface area contributed by atoms with E-state index in [-0.39, 0.29) is 11.8 Å². The first-order valence-corrected chi connectivity index (χ1v) is 8.58. The quantitative estimate of drug-likeness (QED) is 0.789. The zero-order valence-electron chi connectivity index (χ0n) is 13.6. The molecule has 0 unspecified atom stereocenters. The number of nitrogens with zero attached hydrogens (tertiary/aromatic N) is 2. The summed E-state index contributed by atoms with van der Waals surface area (Å²) in [5, 5.41) is 0. The van der Waals surface area contributed by atoms with Crippen LogP contribution in [0.1, 0.15) is 46.4 Å². The summed E-state index contributed by atoms with van der Waals surface area (Å²) in [7, 11) is 0. The van der Waals surface area contributed by atoms with Crippen molar-refractivity contribution in [1.82, 2.24) is 0 Å². The number of imide groups is 1. The zero-order chi connectivity index (χ0) is 16.5. The van der Waals surface area contributed by atoms with Crippen molar-refractivity contribution in [3.05, 3.63) is 59.7 Å². The molecule has 4 nitrogen and oxygen atoms in total. The third kappa shape index (κ3) is 2.48. The normalized spacial score (nSPS) is 17.8. The maximum absolute atomic E-state index is 12.5. The Morgan fingerprint density at radius 1 is 0.625 bits per heavy atom. The van der Waals surface area contributed by atoms with E-state index < -0.39 is 0 Å². The monoisotopic (exact) mass is 320 g/mol. The smallest absolute Gasteiger partial charge is 0.266 e. The van der Waals surface area contributed by atoms with Gasteiger partial charge in [0, 0.05) is 18.8 Å². The minimum absolute atomic E-state index is 0.238. The fourth-order valence-electron chi connectivity index (χ4n) is 3.57. The largest absolute Gasteiger partial charge is 0.372 e. The first-order valence-electron chi connectivity index (χ1n) is 8.58. The third-order valence-electron chi connectivity index (χ3n) is 4.87. The van der Waals surface area contributed by atoms with E-state index in [1.54, 1.807) is 24.3 Å². The highest BCUT2D eigenvalue weighted by Gasteiger charge is 2.36. The van der Waals surface area contributed by atoms with E-state index in [4.69, 9.17) is 0 Å². The van der Waals surface area contributed by atoms with Gasteiger partial charge in [0.25, 0.3) is 11.8 Å². The molecule has 122 valence electrons. The lowest BCUT2D eigenvalue weighted by molar-refractivity contribution is 0.0926. The summed E-state index contributed by atoms with van der Waals surface area (Å²) >= 11 is 0.